The minimum Gasteiger partial charge on any atom is -0.472 e. The highest BCUT2D eigenvalue weighted by Gasteiger charge is 2.14. The number of ether oxygens (including phenoxy) is 1. The topological polar surface area (TPSA) is 80.3 Å². The molecule has 0 spiro atoms. The Morgan fingerprint density at radius 1 is 1.19 bits per heavy atom. The summed E-state index contributed by atoms with van der Waals surface area (Å²) in [6, 6.07) is 10.7. The molecule has 1 unspecified atom stereocenters. The van der Waals surface area contributed by atoms with Gasteiger partial charge in [-0.25, -0.2) is 18.1 Å². The van der Waals surface area contributed by atoms with Crippen molar-refractivity contribution in [2.75, 3.05) is 7.05 Å². The van der Waals surface area contributed by atoms with E-state index in [9.17, 15) is 8.42 Å². The van der Waals surface area contributed by atoms with Gasteiger partial charge in [0, 0.05) is 24.8 Å². The molecular formula is C19H27N3O3S. The van der Waals surface area contributed by atoms with Gasteiger partial charge in [-0.2, -0.15) is 0 Å². The summed E-state index contributed by atoms with van der Waals surface area (Å²) in [5.74, 6) is 0.597. The van der Waals surface area contributed by atoms with Gasteiger partial charge in [-0.1, -0.05) is 18.2 Å². The van der Waals surface area contributed by atoms with Crippen LogP contribution in [0.4, 0.5) is 0 Å². The zero-order chi connectivity index (χ0) is 19.4. The molecule has 1 atom stereocenters. The van der Waals surface area contributed by atoms with E-state index in [2.05, 4.69) is 15.0 Å². The molecule has 0 aliphatic carbocycles. The fourth-order valence-corrected chi connectivity index (χ4v) is 3.13. The smallest absolute Gasteiger partial charge is 0.240 e. The van der Waals surface area contributed by atoms with Gasteiger partial charge < -0.3 is 10.1 Å². The Bertz CT molecular complexity index is 828. The van der Waals surface area contributed by atoms with E-state index in [1.54, 1.807) is 24.4 Å². The SMILES string of the molecule is CNS(=O)(=O)c1cccc(C(C)NCc2ccc(OC(C)(C)C)nc2)c1. The molecule has 7 heteroatoms. The third kappa shape index (κ3) is 5.79. The zero-order valence-electron chi connectivity index (χ0n) is 15.9. The summed E-state index contributed by atoms with van der Waals surface area (Å²) in [4.78, 5) is 4.58. The van der Waals surface area contributed by atoms with Crippen LogP contribution >= 0.6 is 0 Å². The van der Waals surface area contributed by atoms with E-state index in [0.717, 1.165) is 11.1 Å². The van der Waals surface area contributed by atoms with Gasteiger partial charge in [0.15, 0.2) is 0 Å². The van der Waals surface area contributed by atoms with Crippen molar-refractivity contribution in [3.8, 4) is 5.88 Å². The van der Waals surface area contributed by atoms with Crippen LogP contribution in [0.2, 0.25) is 0 Å². The minimum atomic E-state index is -3.44. The Morgan fingerprint density at radius 3 is 2.50 bits per heavy atom. The molecule has 0 fully saturated rings. The number of rotatable bonds is 7. The lowest BCUT2D eigenvalue weighted by molar-refractivity contribution is 0.124. The number of pyridine rings is 1. The fraction of sp³-hybridized carbons (Fsp3) is 0.421. The summed E-state index contributed by atoms with van der Waals surface area (Å²) in [6.45, 7) is 8.55. The summed E-state index contributed by atoms with van der Waals surface area (Å²) < 4.78 is 31.9. The Labute approximate surface area is 156 Å². The van der Waals surface area contributed by atoms with Crippen LogP contribution in [0.1, 0.15) is 44.9 Å². The van der Waals surface area contributed by atoms with Crippen LogP contribution in [-0.2, 0) is 16.6 Å². The maximum atomic E-state index is 11.9. The highest BCUT2D eigenvalue weighted by atomic mass is 32.2. The van der Waals surface area contributed by atoms with Gasteiger partial charge in [-0.15, -0.1) is 0 Å². The van der Waals surface area contributed by atoms with E-state index in [1.807, 2.05) is 45.9 Å². The van der Waals surface area contributed by atoms with Crippen LogP contribution < -0.4 is 14.8 Å². The standard InChI is InChI=1S/C19H27N3O3S/c1-14(16-7-6-8-17(11-16)26(23,24)20-5)21-12-15-9-10-18(22-13-15)25-19(2,3)4/h6-11,13-14,20-21H,12H2,1-5H3. The number of hydrogen-bond donors (Lipinski definition) is 2. The molecule has 1 heterocycles. The van der Waals surface area contributed by atoms with Crippen molar-refractivity contribution >= 4 is 10.0 Å². The van der Waals surface area contributed by atoms with Crippen molar-refractivity contribution in [3.05, 3.63) is 53.7 Å². The molecule has 0 saturated heterocycles. The van der Waals surface area contributed by atoms with Gasteiger partial charge >= 0.3 is 0 Å². The predicted octanol–water partition coefficient (Wildman–Crippen LogP) is 3.02. The number of nitrogens with zero attached hydrogens (tertiary/aromatic N) is 1. The van der Waals surface area contributed by atoms with Crippen LogP contribution in [0, 0.1) is 0 Å². The van der Waals surface area contributed by atoms with Gasteiger partial charge in [-0.3, -0.25) is 0 Å². The molecule has 2 rings (SSSR count). The van der Waals surface area contributed by atoms with Crippen molar-refractivity contribution < 1.29 is 13.2 Å². The van der Waals surface area contributed by atoms with E-state index < -0.39 is 10.0 Å². The molecule has 0 bridgehead atoms. The third-order valence-electron chi connectivity index (χ3n) is 3.76. The number of sulfonamides is 1. The maximum absolute atomic E-state index is 11.9. The number of benzene rings is 1. The summed E-state index contributed by atoms with van der Waals surface area (Å²) in [5, 5.41) is 3.38. The lowest BCUT2D eigenvalue weighted by Crippen LogP contribution is -2.23. The van der Waals surface area contributed by atoms with Crippen LogP contribution in [0.5, 0.6) is 5.88 Å². The van der Waals surface area contributed by atoms with E-state index in [1.165, 1.54) is 7.05 Å². The summed E-state index contributed by atoms with van der Waals surface area (Å²) in [7, 11) is -2.04. The highest BCUT2D eigenvalue weighted by molar-refractivity contribution is 7.89. The molecule has 0 aliphatic heterocycles. The van der Waals surface area contributed by atoms with Crippen molar-refractivity contribution in [1.29, 1.82) is 0 Å². The zero-order valence-corrected chi connectivity index (χ0v) is 16.7. The van der Waals surface area contributed by atoms with Crippen molar-refractivity contribution in [2.45, 2.75) is 50.8 Å². The monoisotopic (exact) mass is 377 g/mol. The second-order valence-corrected chi connectivity index (χ2v) is 8.99. The predicted molar refractivity (Wildman–Crippen MR) is 103 cm³/mol. The number of nitrogens with one attached hydrogen (secondary N) is 2. The lowest BCUT2D eigenvalue weighted by Gasteiger charge is -2.20. The average Bonchev–Trinajstić information content (AvgIpc) is 2.59. The summed E-state index contributed by atoms with van der Waals surface area (Å²) >= 11 is 0. The quantitative estimate of drug-likeness (QED) is 0.775. The first-order valence-corrected chi connectivity index (χ1v) is 10.00. The minimum absolute atomic E-state index is 0.00694. The van der Waals surface area contributed by atoms with E-state index in [0.29, 0.717) is 12.4 Å². The first kappa shape index (κ1) is 20.4. The number of hydrogen-bond acceptors (Lipinski definition) is 5. The first-order chi connectivity index (χ1) is 12.1. The van der Waals surface area contributed by atoms with Crippen molar-refractivity contribution in [3.63, 3.8) is 0 Å². The third-order valence-corrected chi connectivity index (χ3v) is 5.17. The van der Waals surface area contributed by atoms with Gasteiger partial charge in [0.2, 0.25) is 15.9 Å². The van der Waals surface area contributed by atoms with Gasteiger partial charge in [0.1, 0.15) is 5.60 Å². The molecule has 2 N–H and O–H groups in total. The fourth-order valence-electron chi connectivity index (χ4n) is 2.35. The van der Waals surface area contributed by atoms with Crippen molar-refractivity contribution in [1.82, 2.24) is 15.0 Å². The Hall–Kier alpha value is -1.96. The van der Waals surface area contributed by atoms with Crippen LogP contribution in [-0.4, -0.2) is 26.1 Å². The molecule has 1 aromatic carbocycles. The van der Waals surface area contributed by atoms with Crippen LogP contribution in [0.25, 0.3) is 0 Å². The molecule has 2 aromatic rings. The van der Waals surface area contributed by atoms with E-state index in [-0.39, 0.29) is 16.5 Å². The normalized spacial score (nSPS) is 13.4. The van der Waals surface area contributed by atoms with Gasteiger partial charge in [-0.05, 0) is 58.0 Å². The molecule has 0 aliphatic rings. The second kappa shape index (κ2) is 8.16. The van der Waals surface area contributed by atoms with E-state index in [4.69, 9.17) is 4.74 Å². The summed E-state index contributed by atoms with van der Waals surface area (Å²) in [5.41, 5.74) is 1.65. The molecule has 1 aromatic heterocycles. The molecule has 6 nitrogen and oxygen atoms in total. The van der Waals surface area contributed by atoms with Gasteiger partial charge in [0.25, 0.3) is 0 Å². The Morgan fingerprint density at radius 2 is 1.92 bits per heavy atom. The molecule has 142 valence electrons. The summed E-state index contributed by atoms with van der Waals surface area (Å²) in [6.07, 6.45) is 1.78. The van der Waals surface area contributed by atoms with Gasteiger partial charge in [0.05, 0.1) is 4.90 Å². The largest absolute Gasteiger partial charge is 0.472 e. The molecule has 0 radical (unpaired) electrons. The Balaban J connectivity index is 2.00. The maximum Gasteiger partial charge on any atom is 0.240 e. The molecule has 26 heavy (non-hydrogen) atoms. The molecule has 0 amide bonds. The highest BCUT2D eigenvalue weighted by Crippen LogP contribution is 2.19. The first-order valence-electron chi connectivity index (χ1n) is 8.51. The molecular weight excluding hydrogens is 350 g/mol. The lowest BCUT2D eigenvalue weighted by atomic mass is 10.1. The van der Waals surface area contributed by atoms with Crippen LogP contribution in [0.15, 0.2) is 47.5 Å². The number of aromatic nitrogens is 1. The van der Waals surface area contributed by atoms with Crippen molar-refractivity contribution in [2.24, 2.45) is 0 Å². The van der Waals surface area contributed by atoms with E-state index >= 15 is 0 Å². The second-order valence-electron chi connectivity index (χ2n) is 7.10. The van der Waals surface area contributed by atoms with Crippen LogP contribution in [0.3, 0.4) is 0 Å². The Kier molecular flexibility index (Phi) is 6.39. The molecule has 0 saturated carbocycles. The average molecular weight is 378 g/mol.